The summed E-state index contributed by atoms with van der Waals surface area (Å²) in [5.74, 6) is 1.35. The van der Waals surface area contributed by atoms with Crippen LogP contribution in [-0.2, 0) is 4.74 Å². The molecule has 0 radical (unpaired) electrons. The second-order valence-electron chi connectivity index (χ2n) is 6.55. The Kier molecular flexibility index (Phi) is 21.6. The summed E-state index contributed by atoms with van der Waals surface area (Å²) >= 11 is 1.98. The maximum atomic E-state index is 5.59. The number of ether oxygens (including phenoxy) is 1. The maximum absolute atomic E-state index is 5.59. The number of hydrogen-bond donors (Lipinski definition) is 0. The third-order valence-corrected chi connectivity index (χ3v) is 4.98. The molecule has 0 amide bonds. The Hall–Kier alpha value is 0.310. The van der Waals surface area contributed by atoms with Crippen LogP contribution in [0.5, 0.6) is 0 Å². The highest BCUT2D eigenvalue weighted by atomic mass is 32.2. The molecule has 0 fully saturated rings. The van der Waals surface area contributed by atoms with Crippen molar-refractivity contribution >= 4 is 11.8 Å². The third kappa shape index (κ3) is 20.3. The highest BCUT2D eigenvalue weighted by Crippen LogP contribution is 2.13. The van der Waals surface area contributed by atoms with Crippen LogP contribution >= 0.6 is 11.8 Å². The highest BCUT2D eigenvalue weighted by molar-refractivity contribution is 7.98. The fourth-order valence-electron chi connectivity index (χ4n) is 2.74. The summed E-state index contributed by atoms with van der Waals surface area (Å²) in [6.07, 6.45) is 23.2. The predicted octanol–water partition coefficient (Wildman–Crippen LogP) is 7.24. The second kappa shape index (κ2) is 21.3. The Balaban J connectivity index is 2.91. The molecule has 0 saturated heterocycles. The van der Waals surface area contributed by atoms with Gasteiger partial charge in [-0.05, 0) is 31.3 Å². The van der Waals surface area contributed by atoms with Gasteiger partial charge in [0.15, 0.2) is 0 Å². The summed E-state index contributed by atoms with van der Waals surface area (Å²) in [5, 5.41) is 0. The van der Waals surface area contributed by atoms with Crippen molar-refractivity contribution in [2.45, 2.75) is 103 Å². The molecule has 0 spiro atoms. The summed E-state index contributed by atoms with van der Waals surface area (Å²) in [5.41, 5.74) is 0. The third-order valence-electron chi connectivity index (χ3n) is 4.28. The quantitative estimate of drug-likeness (QED) is 0.231. The van der Waals surface area contributed by atoms with E-state index in [-0.39, 0.29) is 0 Å². The van der Waals surface area contributed by atoms with E-state index in [4.69, 9.17) is 4.74 Å². The molecule has 0 unspecified atom stereocenters. The molecule has 0 aromatic heterocycles. The first kappa shape index (κ1) is 22.3. The fraction of sp³-hybridized carbons (Fsp3) is 1.00. The first-order valence-corrected chi connectivity index (χ1v) is 11.4. The first-order valence-electron chi connectivity index (χ1n) is 9.98. The second-order valence-corrected chi connectivity index (χ2v) is 7.54. The van der Waals surface area contributed by atoms with Crippen LogP contribution in [0.3, 0.4) is 0 Å². The number of hydrogen-bond acceptors (Lipinski definition) is 2. The molecule has 0 atom stereocenters. The van der Waals surface area contributed by atoms with E-state index >= 15 is 0 Å². The summed E-state index contributed by atoms with van der Waals surface area (Å²) < 4.78 is 5.59. The maximum Gasteiger partial charge on any atom is 0.0466 e. The molecular weight excluding hydrogens is 288 g/mol. The predicted molar refractivity (Wildman–Crippen MR) is 104 cm³/mol. The largest absolute Gasteiger partial charge is 0.381 e. The van der Waals surface area contributed by atoms with Gasteiger partial charge < -0.3 is 4.74 Å². The number of unbranched alkanes of at least 4 members (excludes halogenated alkanes) is 13. The zero-order valence-corrected chi connectivity index (χ0v) is 16.4. The summed E-state index contributed by atoms with van der Waals surface area (Å²) in [6, 6.07) is 0. The molecule has 134 valence electrons. The summed E-state index contributed by atoms with van der Waals surface area (Å²) in [6.45, 7) is 4.17. The van der Waals surface area contributed by atoms with E-state index < -0.39 is 0 Å². The van der Waals surface area contributed by atoms with Crippen LogP contribution in [0.25, 0.3) is 0 Å². The lowest BCUT2D eigenvalue weighted by molar-refractivity contribution is 0.127. The summed E-state index contributed by atoms with van der Waals surface area (Å²) in [4.78, 5) is 0. The molecule has 0 heterocycles. The lowest BCUT2D eigenvalue weighted by Gasteiger charge is -2.04. The number of rotatable bonds is 19. The van der Waals surface area contributed by atoms with Gasteiger partial charge in [0.05, 0.1) is 0 Å². The Morgan fingerprint density at radius 3 is 1.41 bits per heavy atom. The summed E-state index contributed by atoms with van der Waals surface area (Å²) in [7, 11) is 0. The van der Waals surface area contributed by atoms with Gasteiger partial charge in [-0.3, -0.25) is 0 Å². The van der Waals surface area contributed by atoms with E-state index in [1.807, 2.05) is 11.8 Å². The Bertz CT molecular complexity index is 165. The molecule has 0 aromatic carbocycles. The van der Waals surface area contributed by atoms with Crippen molar-refractivity contribution in [3.63, 3.8) is 0 Å². The lowest BCUT2D eigenvalue weighted by Crippen LogP contribution is -1.96. The molecule has 0 aromatic rings. The SMILES string of the molecule is CCCCOCCCCCCCCCCCCCCCSC. The zero-order valence-electron chi connectivity index (χ0n) is 15.5. The minimum absolute atomic E-state index is 0.966. The van der Waals surface area contributed by atoms with Crippen molar-refractivity contribution < 1.29 is 4.74 Å². The highest BCUT2D eigenvalue weighted by Gasteiger charge is 1.94. The van der Waals surface area contributed by atoms with Gasteiger partial charge in [-0.15, -0.1) is 0 Å². The topological polar surface area (TPSA) is 9.23 Å². The van der Waals surface area contributed by atoms with Crippen LogP contribution in [0.1, 0.15) is 103 Å². The van der Waals surface area contributed by atoms with Gasteiger partial charge in [-0.1, -0.05) is 84.0 Å². The molecule has 0 aliphatic heterocycles. The standard InChI is InChI=1S/C20H42OS/c1-3-4-18-21-19-16-14-12-10-8-6-5-7-9-11-13-15-17-20-22-2/h3-20H2,1-2H3. The van der Waals surface area contributed by atoms with E-state index in [1.165, 1.54) is 102 Å². The fourth-order valence-corrected chi connectivity index (χ4v) is 3.24. The zero-order chi connectivity index (χ0) is 16.1. The molecule has 2 heteroatoms. The van der Waals surface area contributed by atoms with E-state index in [9.17, 15) is 0 Å². The Morgan fingerprint density at radius 1 is 0.545 bits per heavy atom. The molecule has 0 bridgehead atoms. The van der Waals surface area contributed by atoms with Gasteiger partial charge in [0.25, 0.3) is 0 Å². The molecular formula is C20H42OS. The van der Waals surface area contributed by atoms with Crippen LogP contribution in [0.4, 0.5) is 0 Å². The Labute approximate surface area is 145 Å². The van der Waals surface area contributed by atoms with Crippen LogP contribution in [0, 0.1) is 0 Å². The molecule has 0 aliphatic rings. The molecule has 0 aliphatic carbocycles. The molecule has 0 N–H and O–H groups in total. The van der Waals surface area contributed by atoms with E-state index in [0.717, 1.165) is 13.2 Å². The van der Waals surface area contributed by atoms with E-state index in [2.05, 4.69) is 13.2 Å². The average molecular weight is 331 g/mol. The molecule has 0 rings (SSSR count). The van der Waals surface area contributed by atoms with Crippen molar-refractivity contribution in [3.8, 4) is 0 Å². The van der Waals surface area contributed by atoms with Gasteiger partial charge >= 0.3 is 0 Å². The average Bonchev–Trinajstić information content (AvgIpc) is 2.54. The lowest BCUT2D eigenvalue weighted by atomic mass is 10.0. The minimum Gasteiger partial charge on any atom is -0.381 e. The van der Waals surface area contributed by atoms with Crippen molar-refractivity contribution in [2.24, 2.45) is 0 Å². The Morgan fingerprint density at radius 2 is 0.955 bits per heavy atom. The molecule has 22 heavy (non-hydrogen) atoms. The van der Waals surface area contributed by atoms with Gasteiger partial charge in [-0.2, -0.15) is 11.8 Å². The van der Waals surface area contributed by atoms with Crippen LogP contribution < -0.4 is 0 Å². The van der Waals surface area contributed by atoms with E-state index in [1.54, 1.807) is 0 Å². The molecule has 0 saturated carbocycles. The van der Waals surface area contributed by atoms with Gasteiger partial charge in [0.2, 0.25) is 0 Å². The number of thioether (sulfide) groups is 1. The van der Waals surface area contributed by atoms with Gasteiger partial charge in [0, 0.05) is 13.2 Å². The monoisotopic (exact) mass is 330 g/mol. The minimum atomic E-state index is 0.966. The van der Waals surface area contributed by atoms with Crippen molar-refractivity contribution in [1.82, 2.24) is 0 Å². The molecule has 1 nitrogen and oxygen atoms in total. The first-order chi connectivity index (χ1) is 10.9. The van der Waals surface area contributed by atoms with Gasteiger partial charge in [0.1, 0.15) is 0 Å². The van der Waals surface area contributed by atoms with Crippen LogP contribution in [0.15, 0.2) is 0 Å². The van der Waals surface area contributed by atoms with Crippen LogP contribution in [-0.4, -0.2) is 25.2 Å². The van der Waals surface area contributed by atoms with Crippen LogP contribution in [0.2, 0.25) is 0 Å². The van der Waals surface area contributed by atoms with Crippen molar-refractivity contribution in [1.29, 1.82) is 0 Å². The van der Waals surface area contributed by atoms with Crippen molar-refractivity contribution in [2.75, 3.05) is 25.2 Å². The smallest absolute Gasteiger partial charge is 0.0466 e. The van der Waals surface area contributed by atoms with E-state index in [0.29, 0.717) is 0 Å². The van der Waals surface area contributed by atoms with Crippen molar-refractivity contribution in [3.05, 3.63) is 0 Å². The normalized spacial score (nSPS) is 11.2. The van der Waals surface area contributed by atoms with Gasteiger partial charge in [-0.25, -0.2) is 0 Å².